The van der Waals surface area contributed by atoms with Crippen LogP contribution in [0.25, 0.3) is 77.2 Å². The largest absolute Gasteiger partial charge is 0.455 e. The SMILES string of the molecule is c1ccc(-c2ccc(-c3ccc(N(c4ccccc4)c4ccc(-c5ccc6c(oc7ccccc76)c5-c5ccc6ccccc6c5)cc4)cc3)cc2)cc1. The summed E-state index contributed by atoms with van der Waals surface area (Å²) in [7, 11) is 0. The van der Waals surface area contributed by atoms with E-state index in [-0.39, 0.29) is 0 Å². The Hall–Kier alpha value is -7.16. The van der Waals surface area contributed by atoms with Gasteiger partial charge in [-0.25, -0.2) is 0 Å². The number of nitrogens with zero attached hydrogens (tertiary/aromatic N) is 1. The van der Waals surface area contributed by atoms with E-state index in [9.17, 15) is 0 Å². The Morgan fingerprint density at radius 1 is 0.315 bits per heavy atom. The Balaban J connectivity index is 1.04. The quantitative estimate of drug-likeness (QED) is 0.166. The number of rotatable bonds is 7. The van der Waals surface area contributed by atoms with Crippen LogP contribution in [0.1, 0.15) is 0 Å². The molecule has 0 saturated heterocycles. The molecular weight excluding hydrogens is 655 g/mol. The molecule has 0 aliphatic rings. The van der Waals surface area contributed by atoms with E-state index in [2.05, 4.69) is 211 Å². The van der Waals surface area contributed by atoms with E-state index >= 15 is 0 Å². The molecule has 0 amide bonds. The molecule has 0 fully saturated rings. The van der Waals surface area contributed by atoms with E-state index in [1.54, 1.807) is 0 Å². The lowest BCUT2D eigenvalue weighted by atomic mass is 9.91. The summed E-state index contributed by atoms with van der Waals surface area (Å²) in [6.07, 6.45) is 0. The maximum atomic E-state index is 6.65. The second kappa shape index (κ2) is 13.4. The zero-order valence-electron chi connectivity index (χ0n) is 29.6. The number of benzene rings is 9. The summed E-state index contributed by atoms with van der Waals surface area (Å²) in [6, 6.07) is 75.8. The molecule has 10 aromatic rings. The third-order valence-corrected chi connectivity index (χ3v) is 10.5. The summed E-state index contributed by atoms with van der Waals surface area (Å²) >= 11 is 0. The van der Waals surface area contributed by atoms with E-state index < -0.39 is 0 Å². The normalized spacial score (nSPS) is 11.3. The van der Waals surface area contributed by atoms with Gasteiger partial charge >= 0.3 is 0 Å². The first kappa shape index (κ1) is 31.6. The maximum absolute atomic E-state index is 6.65. The molecule has 0 saturated carbocycles. The number of anilines is 3. The topological polar surface area (TPSA) is 16.4 Å². The second-order valence-corrected chi connectivity index (χ2v) is 13.7. The van der Waals surface area contributed by atoms with Gasteiger partial charge in [0.1, 0.15) is 11.2 Å². The van der Waals surface area contributed by atoms with Crippen molar-refractivity contribution < 1.29 is 4.42 Å². The zero-order chi connectivity index (χ0) is 35.8. The number of fused-ring (bicyclic) bond motifs is 4. The molecule has 54 heavy (non-hydrogen) atoms. The minimum atomic E-state index is 0.899. The van der Waals surface area contributed by atoms with Gasteiger partial charge in [0.2, 0.25) is 0 Å². The predicted molar refractivity (Wildman–Crippen MR) is 228 cm³/mol. The standard InChI is InChI=1S/C52H35NO/c1-3-11-36(12-4-1)38-19-21-39(22-20-38)40-25-29-45(30-26-40)53(44-15-5-2-6-16-44)46-31-27-41(28-32-46)47-33-34-49-48-17-9-10-18-50(48)54-52(49)51(47)43-24-23-37-13-7-8-14-42(37)35-43/h1-35H. The van der Waals surface area contributed by atoms with Crippen molar-refractivity contribution in [2.75, 3.05) is 4.90 Å². The molecule has 2 nitrogen and oxygen atoms in total. The van der Waals surface area contributed by atoms with Crippen LogP contribution in [0.3, 0.4) is 0 Å². The highest BCUT2D eigenvalue weighted by molar-refractivity contribution is 6.13. The van der Waals surface area contributed by atoms with Crippen molar-refractivity contribution in [1.29, 1.82) is 0 Å². The van der Waals surface area contributed by atoms with Crippen LogP contribution >= 0.6 is 0 Å². The van der Waals surface area contributed by atoms with Crippen molar-refractivity contribution in [2.24, 2.45) is 0 Å². The first-order chi connectivity index (χ1) is 26.8. The fourth-order valence-corrected chi connectivity index (χ4v) is 7.76. The molecule has 0 atom stereocenters. The smallest absolute Gasteiger partial charge is 0.143 e. The Morgan fingerprint density at radius 3 is 1.50 bits per heavy atom. The first-order valence-corrected chi connectivity index (χ1v) is 18.4. The van der Waals surface area contributed by atoms with Crippen molar-refractivity contribution >= 4 is 49.8 Å². The molecule has 0 bridgehead atoms. The van der Waals surface area contributed by atoms with Crippen molar-refractivity contribution in [3.8, 4) is 44.5 Å². The highest BCUT2D eigenvalue weighted by Gasteiger charge is 2.19. The predicted octanol–water partition coefficient (Wildman–Crippen LogP) is 14.9. The van der Waals surface area contributed by atoms with Gasteiger partial charge in [0.15, 0.2) is 0 Å². The van der Waals surface area contributed by atoms with Gasteiger partial charge in [-0.05, 0) is 104 Å². The van der Waals surface area contributed by atoms with Gasteiger partial charge in [-0.1, -0.05) is 158 Å². The maximum Gasteiger partial charge on any atom is 0.143 e. The number of furan rings is 1. The number of hydrogen-bond acceptors (Lipinski definition) is 2. The van der Waals surface area contributed by atoms with Gasteiger partial charge in [-0.15, -0.1) is 0 Å². The fraction of sp³-hybridized carbons (Fsp3) is 0. The molecular formula is C52H35NO. The van der Waals surface area contributed by atoms with Gasteiger partial charge in [0.25, 0.3) is 0 Å². The summed E-state index contributed by atoms with van der Waals surface area (Å²) in [4.78, 5) is 2.32. The highest BCUT2D eigenvalue weighted by Crippen LogP contribution is 2.44. The zero-order valence-corrected chi connectivity index (χ0v) is 29.6. The van der Waals surface area contributed by atoms with Crippen molar-refractivity contribution in [3.63, 3.8) is 0 Å². The summed E-state index contributed by atoms with van der Waals surface area (Å²) in [5.41, 5.74) is 14.4. The van der Waals surface area contributed by atoms with Gasteiger partial charge < -0.3 is 9.32 Å². The summed E-state index contributed by atoms with van der Waals surface area (Å²) < 4.78 is 6.65. The minimum absolute atomic E-state index is 0.899. The van der Waals surface area contributed by atoms with Crippen LogP contribution in [0.15, 0.2) is 217 Å². The molecule has 0 N–H and O–H groups in total. The van der Waals surface area contributed by atoms with Crippen LogP contribution in [-0.2, 0) is 0 Å². The van der Waals surface area contributed by atoms with Crippen LogP contribution in [0.2, 0.25) is 0 Å². The molecule has 0 aliphatic carbocycles. The Kier molecular flexibility index (Phi) is 7.85. The molecule has 0 radical (unpaired) electrons. The molecule has 10 rings (SSSR count). The van der Waals surface area contributed by atoms with Crippen LogP contribution in [0.4, 0.5) is 17.1 Å². The Morgan fingerprint density at radius 2 is 0.815 bits per heavy atom. The van der Waals surface area contributed by atoms with Crippen LogP contribution in [-0.4, -0.2) is 0 Å². The van der Waals surface area contributed by atoms with E-state index in [1.807, 2.05) is 6.07 Å². The molecule has 1 aromatic heterocycles. The second-order valence-electron chi connectivity index (χ2n) is 13.7. The fourth-order valence-electron chi connectivity index (χ4n) is 7.76. The third kappa shape index (κ3) is 5.71. The summed E-state index contributed by atoms with van der Waals surface area (Å²) in [5, 5.41) is 4.68. The molecule has 0 unspecified atom stereocenters. The first-order valence-electron chi connectivity index (χ1n) is 18.4. The van der Waals surface area contributed by atoms with E-state index in [0.29, 0.717) is 0 Å². The van der Waals surface area contributed by atoms with E-state index in [0.717, 1.165) is 61.3 Å². The lowest BCUT2D eigenvalue weighted by molar-refractivity contribution is 0.670. The molecule has 0 aliphatic heterocycles. The lowest BCUT2D eigenvalue weighted by Gasteiger charge is -2.26. The highest BCUT2D eigenvalue weighted by atomic mass is 16.3. The van der Waals surface area contributed by atoms with Crippen molar-refractivity contribution in [1.82, 2.24) is 0 Å². The van der Waals surface area contributed by atoms with Gasteiger partial charge in [-0.3, -0.25) is 0 Å². The molecule has 9 aromatic carbocycles. The Bertz CT molecular complexity index is 2890. The van der Waals surface area contributed by atoms with Crippen LogP contribution in [0.5, 0.6) is 0 Å². The Labute approximate surface area is 314 Å². The minimum Gasteiger partial charge on any atom is -0.455 e. The molecule has 0 spiro atoms. The monoisotopic (exact) mass is 689 g/mol. The summed E-state index contributed by atoms with van der Waals surface area (Å²) in [5.74, 6) is 0. The van der Waals surface area contributed by atoms with Crippen molar-refractivity contribution in [2.45, 2.75) is 0 Å². The average Bonchev–Trinajstić information content (AvgIpc) is 3.63. The van der Waals surface area contributed by atoms with Gasteiger partial charge in [0, 0.05) is 33.4 Å². The van der Waals surface area contributed by atoms with Gasteiger partial charge in [-0.2, -0.15) is 0 Å². The summed E-state index contributed by atoms with van der Waals surface area (Å²) in [6.45, 7) is 0. The molecule has 1 heterocycles. The van der Waals surface area contributed by atoms with Crippen molar-refractivity contribution in [3.05, 3.63) is 212 Å². The molecule has 254 valence electrons. The number of hydrogen-bond donors (Lipinski definition) is 0. The lowest BCUT2D eigenvalue weighted by Crippen LogP contribution is -2.09. The number of para-hydroxylation sites is 2. The average molecular weight is 690 g/mol. The molecule has 2 heteroatoms. The van der Waals surface area contributed by atoms with E-state index in [4.69, 9.17) is 4.42 Å². The van der Waals surface area contributed by atoms with Crippen LogP contribution < -0.4 is 4.90 Å². The van der Waals surface area contributed by atoms with Crippen LogP contribution in [0, 0.1) is 0 Å². The van der Waals surface area contributed by atoms with Gasteiger partial charge in [0.05, 0.1) is 0 Å². The third-order valence-electron chi connectivity index (χ3n) is 10.5. The van der Waals surface area contributed by atoms with E-state index in [1.165, 1.54) is 33.0 Å².